The summed E-state index contributed by atoms with van der Waals surface area (Å²) < 4.78 is 13.2. The van der Waals surface area contributed by atoms with Gasteiger partial charge in [0.15, 0.2) is 0 Å². The number of aryl methyl sites for hydroxylation is 1. The van der Waals surface area contributed by atoms with E-state index in [9.17, 15) is 0 Å². The lowest BCUT2D eigenvalue weighted by Gasteiger charge is -2.17. The maximum Gasteiger partial charge on any atom is 0.121 e. The van der Waals surface area contributed by atoms with E-state index in [-0.39, 0.29) is 6.04 Å². The summed E-state index contributed by atoms with van der Waals surface area (Å²) >= 11 is 3.52. The van der Waals surface area contributed by atoms with Crippen LogP contribution in [0.1, 0.15) is 22.9 Å². The second-order valence-electron chi connectivity index (χ2n) is 4.80. The third kappa shape index (κ3) is 3.45. The summed E-state index contributed by atoms with van der Waals surface area (Å²) in [7, 11) is 3.34. The number of benzene rings is 1. The molecular formula is C15H20BrN3O2. The molecular weight excluding hydrogens is 334 g/mol. The predicted molar refractivity (Wildman–Crippen MR) is 85.6 cm³/mol. The molecule has 0 fully saturated rings. The number of nitrogens with two attached hydrogens (primary N) is 1. The topological polar surface area (TPSA) is 62.3 Å². The van der Waals surface area contributed by atoms with Crippen LogP contribution in [0, 0.1) is 6.92 Å². The van der Waals surface area contributed by atoms with Crippen molar-refractivity contribution in [3.05, 3.63) is 45.7 Å². The summed E-state index contributed by atoms with van der Waals surface area (Å²) in [6.07, 6.45) is 1.77. The Kier molecular flexibility index (Phi) is 5.39. The van der Waals surface area contributed by atoms with Crippen molar-refractivity contribution < 1.29 is 9.47 Å². The number of hydrogen-bond acceptors (Lipinski definition) is 4. The highest BCUT2D eigenvalue weighted by atomic mass is 79.9. The Bertz CT molecular complexity index is 613. The van der Waals surface area contributed by atoms with E-state index in [4.69, 9.17) is 15.2 Å². The van der Waals surface area contributed by atoms with E-state index in [2.05, 4.69) is 21.0 Å². The normalized spacial score (nSPS) is 12.4. The molecule has 0 amide bonds. The van der Waals surface area contributed by atoms with Gasteiger partial charge in [-0.25, -0.2) is 0 Å². The highest BCUT2D eigenvalue weighted by Crippen LogP contribution is 2.29. The SMILES string of the molecule is COCCn1ncc(Br)c1C(N)c1ccc(OC)c(C)c1. The van der Waals surface area contributed by atoms with Crippen LogP contribution in [-0.2, 0) is 11.3 Å². The molecule has 1 unspecified atom stereocenters. The fourth-order valence-electron chi connectivity index (χ4n) is 2.29. The second-order valence-corrected chi connectivity index (χ2v) is 5.65. The van der Waals surface area contributed by atoms with Crippen molar-refractivity contribution in [2.45, 2.75) is 19.5 Å². The molecule has 5 nitrogen and oxygen atoms in total. The van der Waals surface area contributed by atoms with Crippen LogP contribution in [0.3, 0.4) is 0 Å². The molecule has 0 spiro atoms. The summed E-state index contributed by atoms with van der Waals surface area (Å²) in [4.78, 5) is 0. The quantitative estimate of drug-likeness (QED) is 0.866. The average Bonchev–Trinajstić information content (AvgIpc) is 2.85. The van der Waals surface area contributed by atoms with Gasteiger partial charge < -0.3 is 15.2 Å². The lowest BCUT2D eigenvalue weighted by molar-refractivity contribution is 0.182. The van der Waals surface area contributed by atoms with Gasteiger partial charge in [0.2, 0.25) is 0 Å². The van der Waals surface area contributed by atoms with Crippen molar-refractivity contribution in [2.75, 3.05) is 20.8 Å². The molecule has 1 heterocycles. The smallest absolute Gasteiger partial charge is 0.121 e. The van der Waals surface area contributed by atoms with Crippen LogP contribution in [0.2, 0.25) is 0 Å². The van der Waals surface area contributed by atoms with Crippen molar-refractivity contribution in [1.29, 1.82) is 0 Å². The highest BCUT2D eigenvalue weighted by molar-refractivity contribution is 9.10. The van der Waals surface area contributed by atoms with Crippen LogP contribution in [-0.4, -0.2) is 30.6 Å². The fraction of sp³-hybridized carbons (Fsp3) is 0.400. The minimum Gasteiger partial charge on any atom is -0.496 e. The first-order chi connectivity index (χ1) is 10.1. The minimum absolute atomic E-state index is 0.261. The highest BCUT2D eigenvalue weighted by Gasteiger charge is 2.19. The van der Waals surface area contributed by atoms with Crippen LogP contribution in [0.5, 0.6) is 5.75 Å². The van der Waals surface area contributed by atoms with Crippen LogP contribution in [0.4, 0.5) is 0 Å². The Labute approximate surface area is 133 Å². The Morgan fingerprint density at radius 1 is 1.38 bits per heavy atom. The van der Waals surface area contributed by atoms with E-state index in [1.54, 1.807) is 20.4 Å². The molecule has 0 bridgehead atoms. The molecule has 1 atom stereocenters. The van der Waals surface area contributed by atoms with E-state index in [1.165, 1.54) is 0 Å². The number of aromatic nitrogens is 2. The molecule has 2 aromatic rings. The summed E-state index contributed by atoms with van der Waals surface area (Å²) in [6.45, 7) is 3.27. The van der Waals surface area contributed by atoms with Gasteiger partial charge in [0, 0.05) is 7.11 Å². The number of nitrogens with zero attached hydrogens (tertiary/aromatic N) is 2. The van der Waals surface area contributed by atoms with Gasteiger partial charge in [-0.3, -0.25) is 4.68 Å². The molecule has 0 saturated heterocycles. The van der Waals surface area contributed by atoms with Crippen molar-refractivity contribution in [2.24, 2.45) is 5.73 Å². The van der Waals surface area contributed by atoms with Crippen LogP contribution in [0.25, 0.3) is 0 Å². The van der Waals surface area contributed by atoms with Gasteiger partial charge in [0.05, 0.1) is 42.7 Å². The first-order valence-corrected chi connectivity index (χ1v) is 7.48. The van der Waals surface area contributed by atoms with Gasteiger partial charge in [-0.15, -0.1) is 0 Å². The number of halogens is 1. The third-order valence-electron chi connectivity index (χ3n) is 3.41. The minimum atomic E-state index is -0.261. The first kappa shape index (κ1) is 16.0. The van der Waals surface area contributed by atoms with E-state index in [0.717, 1.165) is 27.0 Å². The van der Waals surface area contributed by atoms with E-state index >= 15 is 0 Å². The van der Waals surface area contributed by atoms with E-state index < -0.39 is 0 Å². The van der Waals surface area contributed by atoms with Crippen LogP contribution < -0.4 is 10.5 Å². The summed E-state index contributed by atoms with van der Waals surface area (Å²) in [5, 5.41) is 4.34. The molecule has 0 aliphatic carbocycles. The van der Waals surface area contributed by atoms with Gasteiger partial charge in [-0.1, -0.05) is 12.1 Å². The fourth-order valence-corrected chi connectivity index (χ4v) is 2.83. The monoisotopic (exact) mass is 353 g/mol. The Morgan fingerprint density at radius 2 is 2.14 bits per heavy atom. The van der Waals surface area contributed by atoms with Gasteiger partial charge in [-0.05, 0) is 40.0 Å². The standard InChI is InChI=1S/C15H20BrN3O2/c1-10-8-11(4-5-13(10)21-3)14(17)15-12(16)9-18-19(15)6-7-20-2/h4-5,8-9,14H,6-7,17H2,1-3H3. The molecule has 0 aliphatic rings. The van der Waals surface area contributed by atoms with Gasteiger partial charge in [-0.2, -0.15) is 5.10 Å². The Hall–Kier alpha value is -1.37. The molecule has 21 heavy (non-hydrogen) atoms. The lowest BCUT2D eigenvalue weighted by Crippen LogP contribution is -2.19. The third-order valence-corrected chi connectivity index (χ3v) is 4.02. The number of rotatable bonds is 6. The van der Waals surface area contributed by atoms with Gasteiger partial charge in [0.25, 0.3) is 0 Å². The number of ether oxygens (including phenoxy) is 2. The molecule has 0 saturated carbocycles. The predicted octanol–water partition coefficient (Wildman–Crippen LogP) is 2.66. The molecule has 6 heteroatoms. The first-order valence-electron chi connectivity index (χ1n) is 6.68. The second kappa shape index (κ2) is 7.06. The zero-order valence-corrected chi connectivity index (χ0v) is 14.1. The van der Waals surface area contributed by atoms with Gasteiger partial charge >= 0.3 is 0 Å². The molecule has 0 radical (unpaired) electrons. The molecule has 0 aliphatic heterocycles. The Morgan fingerprint density at radius 3 is 2.76 bits per heavy atom. The van der Waals surface area contributed by atoms with Gasteiger partial charge in [0.1, 0.15) is 5.75 Å². The summed E-state index contributed by atoms with van der Waals surface area (Å²) in [6, 6.07) is 5.71. The molecule has 1 aromatic heterocycles. The van der Waals surface area contributed by atoms with E-state index in [1.807, 2.05) is 29.8 Å². The van der Waals surface area contributed by atoms with Crippen LogP contribution in [0.15, 0.2) is 28.9 Å². The maximum absolute atomic E-state index is 6.42. The molecule has 2 rings (SSSR count). The molecule has 2 N–H and O–H groups in total. The maximum atomic E-state index is 6.42. The Balaban J connectivity index is 2.33. The zero-order valence-electron chi connectivity index (χ0n) is 12.5. The number of hydrogen-bond donors (Lipinski definition) is 1. The van der Waals surface area contributed by atoms with Crippen molar-refractivity contribution in [3.8, 4) is 5.75 Å². The largest absolute Gasteiger partial charge is 0.496 e. The van der Waals surface area contributed by atoms with E-state index in [0.29, 0.717) is 13.2 Å². The van der Waals surface area contributed by atoms with Crippen molar-refractivity contribution in [1.82, 2.24) is 9.78 Å². The average molecular weight is 354 g/mol. The van der Waals surface area contributed by atoms with Crippen LogP contribution >= 0.6 is 15.9 Å². The van der Waals surface area contributed by atoms with Crippen molar-refractivity contribution >= 4 is 15.9 Å². The summed E-state index contributed by atoms with van der Waals surface area (Å²) in [5.74, 6) is 0.859. The van der Waals surface area contributed by atoms with Crippen molar-refractivity contribution in [3.63, 3.8) is 0 Å². The summed E-state index contributed by atoms with van der Waals surface area (Å²) in [5.41, 5.74) is 9.44. The molecule has 1 aromatic carbocycles. The lowest BCUT2D eigenvalue weighted by atomic mass is 10.0. The molecule has 114 valence electrons. The number of methoxy groups -OCH3 is 2. The zero-order chi connectivity index (χ0) is 15.4.